The molecule has 3 N–H and O–H groups in total. The second-order valence-electron chi connectivity index (χ2n) is 6.28. The summed E-state index contributed by atoms with van der Waals surface area (Å²) in [5.41, 5.74) is 1.71. The van der Waals surface area contributed by atoms with Crippen molar-refractivity contribution in [3.63, 3.8) is 0 Å². The normalized spacial score (nSPS) is 16.7. The predicted molar refractivity (Wildman–Crippen MR) is 86.2 cm³/mol. The van der Waals surface area contributed by atoms with Gasteiger partial charge in [-0.25, -0.2) is 4.79 Å². The molecule has 0 saturated heterocycles. The second-order valence-corrected chi connectivity index (χ2v) is 6.28. The van der Waals surface area contributed by atoms with Gasteiger partial charge < -0.3 is 20.5 Å². The fourth-order valence-corrected chi connectivity index (χ4v) is 2.63. The largest absolute Gasteiger partial charge is 0.496 e. The number of rotatable bonds is 7. The summed E-state index contributed by atoms with van der Waals surface area (Å²) in [6, 6.07) is 5.84. The summed E-state index contributed by atoms with van der Waals surface area (Å²) in [4.78, 5) is 12.0. The third-order valence-corrected chi connectivity index (χ3v) is 4.38. The van der Waals surface area contributed by atoms with Gasteiger partial charge in [-0.3, -0.25) is 0 Å². The van der Waals surface area contributed by atoms with Crippen molar-refractivity contribution in [2.24, 2.45) is 5.92 Å². The van der Waals surface area contributed by atoms with Crippen LogP contribution in [0.1, 0.15) is 30.9 Å². The maximum Gasteiger partial charge on any atom is 0.315 e. The van der Waals surface area contributed by atoms with Crippen LogP contribution in [0.3, 0.4) is 0 Å². The molecule has 1 aromatic rings. The van der Waals surface area contributed by atoms with E-state index in [1.54, 1.807) is 7.11 Å². The van der Waals surface area contributed by atoms with Gasteiger partial charge >= 0.3 is 6.03 Å². The van der Waals surface area contributed by atoms with Gasteiger partial charge in [0.15, 0.2) is 0 Å². The Kier molecular flexibility index (Phi) is 5.29. The van der Waals surface area contributed by atoms with Crippen molar-refractivity contribution in [2.75, 3.05) is 20.3 Å². The molecule has 1 fully saturated rings. The molecule has 1 atom stereocenters. The molecule has 1 aliphatic carbocycles. The average molecular weight is 306 g/mol. The molecule has 1 unspecified atom stereocenters. The minimum atomic E-state index is -0.503. The molecule has 5 heteroatoms. The van der Waals surface area contributed by atoms with Crippen LogP contribution in [0.4, 0.5) is 4.79 Å². The van der Waals surface area contributed by atoms with Crippen molar-refractivity contribution in [3.8, 4) is 5.75 Å². The quantitative estimate of drug-likeness (QED) is 0.721. The first-order valence-electron chi connectivity index (χ1n) is 7.79. The van der Waals surface area contributed by atoms with Gasteiger partial charge in [-0.1, -0.05) is 12.1 Å². The molecule has 0 radical (unpaired) electrons. The molecule has 2 rings (SSSR count). The number of hydrogen-bond donors (Lipinski definition) is 3. The fraction of sp³-hybridized carbons (Fsp3) is 0.588. The maximum atomic E-state index is 12.0. The lowest BCUT2D eigenvalue weighted by Crippen LogP contribution is -2.54. The zero-order valence-corrected chi connectivity index (χ0v) is 13.6. The highest BCUT2D eigenvalue weighted by Gasteiger charge is 2.42. The van der Waals surface area contributed by atoms with Crippen LogP contribution in [0.15, 0.2) is 18.2 Å². The molecule has 122 valence electrons. The maximum absolute atomic E-state index is 12.0. The Morgan fingerprint density at radius 1 is 1.45 bits per heavy atom. The van der Waals surface area contributed by atoms with Gasteiger partial charge in [0.2, 0.25) is 0 Å². The molecule has 22 heavy (non-hydrogen) atoms. The van der Waals surface area contributed by atoms with Crippen LogP contribution in [0.2, 0.25) is 0 Å². The molecule has 1 saturated carbocycles. The van der Waals surface area contributed by atoms with Crippen LogP contribution in [-0.4, -0.2) is 36.9 Å². The molecule has 2 amide bonds. The van der Waals surface area contributed by atoms with Crippen LogP contribution in [0.25, 0.3) is 0 Å². The Labute approximate surface area is 132 Å². The Hall–Kier alpha value is -1.75. The van der Waals surface area contributed by atoms with Crippen LogP contribution in [0, 0.1) is 12.8 Å². The monoisotopic (exact) mass is 306 g/mol. The Morgan fingerprint density at radius 3 is 2.77 bits per heavy atom. The van der Waals surface area contributed by atoms with Crippen molar-refractivity contribution < 1.29 is 14.6 Å². The molecule has 0 spiro atoms. The number of methoxy groups -OCH3 is 1. The van der Waals surface area contributed by atoms with E-state index in [0.717, 1.165) is 36.1 Å². The standard InChI is InChI=1S/C17H26N2O3/c1-12-4-5-13(10-15(12)22-3)8-9-18-16(21)19-17(2,11-20)14-6-7-14/h4-5,10,14,20H,6-9,11H2,1-3H3,(H2,18,19,21). The molecular weight excluding hydrogens is 280 g/mol. The first kappa shape index (κ1) is 16.6. The molecule has 0 bridgehead atoms. The summed E-state index contributed by atoms with van der Waals surface area (Å²) >= 11 is 0. The van der Waals surface area contributed by atoms with Crippen molar-refractivity contribution in [1.82, 2.24) is 10.6 Å². The second kappa shape index (κ2) is 7.01. The number of aryl methyl sites for hydroxylation is 1. The number of hydrogen-bond acceptors (Lipinski definition) is 3. The van der Waals surface area contributed by atoms with Gasteiger partial charge in [-0.15, -0.1) is 0 Å². The number of ether oxygens (including phenoxy) is 1. The van der Waals surface area contributed by atoms with E-state index < -0.39 is 5.54 Å². The molecule has 0 aromatic heterocycles. The van der Waals surface area contributed by atoms with Crippen molar-refractivity contribution >= 4 is 6.03 Å². The van der Waals surface area contributed by atoms with Crippen LogP contribution < -0.4 is 15.4 Å². The van der Waals surface area contributed by atoms with Gasteiger partial charge in [-0.05, 0) is 56.2 Å². The van der Waals surface area contributed by atoms with Crippen molar-refractivity contribution in [3.05, 3.63) is 29.3 Å². The molecular formula is C17H26N2O3. The zero-order chi connectivity index (χ0) is 16.2. The highest BCUT2D eigenvalue weighted by atomic mass is 16.5. The van der Waals surface area contributed by atoms with E-state index in [4.69, 9.17) is 4.74 Å². The summed E-state index contributed by atoms with van der Waals surface area (Å²) in [6.45, 7) is 4.42. The lowest BCUT2D eigenvalue weighted by atomic mass is 9.97. The first-order chi connectivity index (χ1) is 10.5. The number of carbonyl (C=O) groups is 1. The van der Waals surface area contributed by atoms with Gasteiger partial charge in [0.1, 0.15) is 5.75 Å². The minimum absolute atomic E-state index is 0.0275. The Morgan fingerprint density at radius 2 is 2.18 bits per heavy atom. The average Bonchev–Trinajstić information content (AvgIpc) is 3.34. The summed E-state index contributed by atoms with van der Waals surface area (Å²) in [7, 11) is 1.66. The number of aliphatic hydroxyl groups is 1. The Balaban J connectivity index is 1.79. The topological polar surface area (TPSA) is 70.6 Å². The SMILES string of the molecule is COc1cc(CCNC(=O)NC(C)(CO)C2CC2)ccc1C. The molecule has 1 aromatic carbocycles. The van der Waals surface area contributed by atoms with Gasteiger partial charge in [0.05, 0.1) is 19.3 Å². The van der Waals surface area contributed by atoms with Gasteiger partial charge in [0, 0.05) is 6.54 Å². The lowest BCUT2D eigenvalue weighted by molar-refractivity contribution is 0.155. The van der Waals surface area contributed by atoms with E-state index >= 15 is 0 Å². The smallest absolute Gasteiger partial charge is 0.315 e. The van der Waals surface area contributed by atoms with Crippen LogP contribution in [-0.2, 0) is 6.42 Å². The van der Waals surface area contributed by atoms with E-state index in [1.165, 1.54) is 0 Å². The number of amides is 2. The Bertz CT molecular complexity index is 529. The van der Waals surface area contributed by atoms with E-state index in [0.29, 0.717) is 12.5 Å². The number of carbonyl (C=O) groups excluding carboxylic acids is 1. The fourth-order valence-electron chi connectivity index (χ4n) is 2.63. The summed E-state index contributed by atoms with van der Waals surface area (Å²) in [6.07, 6.45) is 2.88. The van der Waals surface area contributed by atoms with E-state index in [9.17, 15) is 9.90 Å². The predicted octanol–water partition coefficient (Wildman–Crippen LogP) is 2.01. The third kappa shape index (κ3) is 4.13. The van der Waals surface area contributed by atoms with E-state index in [1.807, 2.05) is 32.0 Å². The highest BCUT2D eigenvalue weighted by Crippen LogP contribution is 2.39. The zero-order valence-electron chi connectivity index (χ0n) is 13.6. The van der Waals surface area contributed by atoms with Gasteiger partial charge in [0.25, 0.3) is 0 Å². The molecule has 0 heterocycles. The van der Waals surface area contributed by atoms with E-state index in [-0.39, 0.29) is 12.6 Å². The summed E-state index contributed by atoms with van der Waals surface area (Å²) < 4.78 is 5.30. The number of aliphatic hydroxyl groups excluding tert-OH is 1. The third-order valence-electron chi connectivity index (χ3n) is 4.38. The highest BCUT2D eigenvalue weighted by molar-refractivity contribution is 5.74. The summed E-state index contributed by atoms with van der Waals surface area (Å²) in [5, 5.41) is 15.2. The molecule has 5 nitrogen and oxygen atoms in total. The number of urea groups is 1. The van der Waals surface area contributed by atoms with E-state index in [2.05, 4.69) is 10.6 Å². The number of nitrogens with one attached hydrogen (secondary N) is 2. The summed E-state index contributed by atoms with van der Waals surface area (Å²) in [5.74, 6) is 1.26. The van der Waals surface area contributed by atoms with Crippen LogP contribution >= 0.6 is 0 Å². The van der Waals surface area contributed by atoms with Gasteiger partial charge in [-0.2, -0.15) is 0 Å². The van der Waals surface area contributed by atoms with Crippen molar-refractivity contribution in [2.45, 2.75) is 38.6 Å². The van der Waals surface area contributed by atoms with Crippen molar-refractivity contribution in [1.29, 1.82) is 0 Å². The molecule has 0 aliphatic heterocycles. The number of benzene rings is 1. The first-order valence-corrected chi connectivity index (χ1v) is 7.79. The molecule has 1 aliphatic rings. The van der Waals surface area contributed by atoms with Crippen LogP contribution in [0.5, 0.6) is 5.75 Å². The minimum Gasteiger partial charge on any atom is -0.496 e. The lowest BCUT2D eigenvalue weighted by Gasteiger charge is -2.28.